The number of hydrogen-bond acceptors (Lipinski definition) is 4. The van der Waals surface area contributed by atoms with E-state index in [1.807, 2.05) is 0 Å². The van der Waals surface area contributed by atoms with Crippen LogP contribution in [0, 0.1) is 0 Å². The van der Waals surface area contributed by atoms with Crippen LogP contribution in [0.1, 0.15) is 58.7 Å². The van der Waals surface area contributed by atoms with Gasteiger partial charge in [-0.1, -0.05) is 19.0 Å². The summed E-state index contributed by atoms with van der Waals surface area (Å²) in [4.78, 5) is 4.34. The summed E-state index contributed by atoms with van der Waals surface area (Å²) in [6.45, 7) is 11.2. The van der Waals surface area contributed by atoms with Gasteiger partial charge in [0.15, 0.2) is 5.82 Å². The molecule has 0 aliphatic carbocycles. The first-order valence-electron chi connectivity index (χ1n) is 5.50. The minimum Gasteiger partial charge on any atom is -0.338 e. The molecule has 1 unspecified atom stereocenters. The zero-order valence-corrected chi connectivity index (χ0v) is 10.3. The van der Waals surface area contributed by atoms with Crippen LogP contribution in [-0.4, -0.2) is 15.7 Å². The van der Waals surface area contributed by atoms with E-state index in [4.69, 9.17) is 4.52 Å². The average molecular weight is 211 g/mol. The fourth-order valence-electron chi connectivity index (χ4n) is 1.06. The lowest BCUT2D eigenvalue weighted by Gasteiger charge is -2.18. The van der Waals surface area contributed by atoms with Gasteiger partial charge in [-0.15, -0.1) is 0 Å². The third kappa shape index (κ3) is 4.00. The summed E-state index contributed by atoms with van der Waals surface area (Å²) < 4.78 is 5.16. The van der Waals surface area contributed by atoms with Crippen LogP contribution in [-0.2, 0) is 6.54 Å². The highest BCUT2D eigenvalue weighted by molar-refractivity contribution is 4.93. The van der Waals surface area contributed by atoms with Crippen molar-refractivity contribution >= 4 is 0 Å². The van der Waals surface area contributed by atoms with E-state index >= 15 is 0 Å². The molecule has 0 fully saturated rings. The monoisotopic (exact) mass is 211 g/mol. The normalized spacial score (nSPS) is 14.2. The summed E-state index contributed by atoms with van der Waals surface area (Å²) in [5.74, 6) is 1.85. The van der Waals surface area contributed by atoms with Crippen molar-refractivity contribution in [3.63, 3.8) is 0 Å². The van der Waals surface area contributed by atoms with Gasteiger partial charge < -0.3 is 9.84 Å². The molecule has 0 saturated carbocycles. The Labute approximate surface area is 91.5 Å². The second kappa shape index (κ2) is 4.75. The number of rotatable bonds is 4. The fraction of sp³-hybridized carbons (Fsp3) is 0.818. The van der Waals surface area contributed by atoms with Crippen LogP contribution in [0.5, 0.6) is 0 Å². The van der Waals surface area contributed by atoms with Gasteiger partial charge in [-0.2, -0.15) is 4.98 Å². The van der Waals surface area contributed by atoms with Crippen molar-refractivity contribution in [1.82, 2.24) is 15.5 Å². The summed E-state index contributed by atoms with van der Waals surface area (Å²) in [7, 11) is 0. The van der Waals surface area contributed by atoms with Gasteiger partial charge in [-0.05, 0) is 27.2 Å². The van der Waals surface area contributed by atoms with Crippen LogP contribution in [0.25, 0.3) is 0 Å². The molecule has 0 amide bonds. The average Bonchev–Trinajstić information content (AvgIpc) is 2.61. The van der Waals surface area contributed by atoms with Crippen LogP contribution in [0.2, 0.25) is 0 Å². The van der Waals surface area contributed by atoms with E-state index in [0.29, 0.717) is 18.4 Å². The molecular weight excluding hydrogens is 190 g/mol. The zero-order valence-electron chi connectivity index (χ0n) is 10.3. The quantitative estimate of drug-likeness (QED) is 0.831. The predicted molar refractivity (Wildman–Crippen MR) is 59.6 cm³/mol. The van der Waals surface area contributed by atoms with Crippen LogP contribution in [0.15, 0.2) is 4.52 Å². The number of aromatic nitrogens is 2. The maximum absolute atomic E-state index is 5.16. The lowest BCUT2D eigenvalue weighted by atomic mass is 10.1. The van der Waals surface area contributed by atoms with Crippen LogP contribution in [0.3, 0.4) is 0 Å². The molecule has 4 heteroatoms. The Morgan fingerprint density at radius 1 is 1.40 bits per heavy atom. The molecule has 0 aliphatic rings. The van der Waals surface area contributed by atoms with Gasteiger partial charge in [-0.3, -0.25) is 0 Å². The van der Waals surface area contributed by atoms with E-state index < -0.39 is 0 Å². The van der Waals surface area contributed by atoms with Crippen LogP contribution in [0.4, 0.5) is 0 Å². The van der Waals surface area contributed by atoms with Gasteiger partial charge in [-0.25, -0.2) is 0 Å². The highest BCUT2D eigenvalue weighted by Crippen LogP contribution is 2.14. The summed E-state index contributed by atoms with van der Waals surface area (Å²) in [5.41, 5.74) is 0.0744. The molecule has 4 nitrogen and oxygen atoms in total. The van der Waals surface area contributed by atoms with Gasteiger partial charge in [0, 0.05) is 11.5 Å². The minimum absolute atomic E-state index is 0.0744. The van der Waals surface area contributed by atoms with Crippen LogP contribution >= 0.6 is 0 Å². The molecule has 1 N–H and O–H groups in total. The molecule has 1 rings (SSSR count). The van der Waals surface area contributed by atoms with Crippen molar-refractivity contribution in [3.05, 3.63) is 11.7 Å². The van der Waals surface area contributed by atoms with Crippen molar-refractivity contribution in [2.24, 2.45) is 0 Å². The molecule has 15 heavy (non-hydrogen) atoms. The van der Waals surface area contributed by atoms with Crippen molar-refractivity contribution in [2.45, 2.75) is 59.0 Å². The molecular formula is C11H21N3O. The highest BCUT2D eigenvalue weighted by Gasteiger charge is 2.14. The Balaban J connectivity index is 2.53. The predicted octanol–water partition coefficient (Wildman–Crippen LogP) is 2.47. The molecule has 0 radical (unpaired) electrons. The number of nitrogens with zero attached hydrogens (tertiary/aromatic N) is 2. The largest absolute Gasteiger partial charge is 0.338 e. The second-order valence-corrected chi connectivity index (χ2v) is 4.96. The highest BCUT2D eigenvalue weighted by atomic mass is 16.5. The summed E-state index contributed by atoms with van der Waals surface area (Å²) in [6, 6.07) is 0. The first-order chi connectivity index (χ1) is 6.92. The fourth-order valence-corrected chi connectivity index (χ4v) is 1.06. The Morgan fingerprint density at radius 3 is 2.60 bits per heavy atom. The molecule has 0 saturated heterocycles. The number of nitrogens with one attached hydrogen (secondary N) is 1. The Hall–Kier alpha value is -0.900. The topological polar surface area (TPSA) is 51.0 Å². The van der Waals surface area contributed by atoms with Crippen molar-refractivity contribution < 1.29 is 4.52 Å². The smallest absolute Gasteiger partial charge is 0.240 e. The van der Waals surface area contributed by atoms with E-state index in [2.05, 4.69) is 50.1 Å². The van der Waals surface area contributed by atoms with E-state index in [-0.39, 0.29) is 5.54 Å². The van der Waals surface area contributed by atoms with Gasteiger partial charge >= 0.3 is 0 Å². The molecule has 1 aromatic heterocycles. The van der Waals surface area contributed by atoms with Gasteiger partial charge in [0.05, 0.1) is 6.54 Å². The molecule has 1 atom stereocenters. The molecule has 0 aliphatic heterocycles. The first-order valence-corrected chi connectivity index (χ1v) is 5.50. The van der Waals surface area contributed by atoms with Crippen LogP contribution < -0.4 is 5.32 Å². The lowest BCUT2D eigenvalue weighted by Crippen LogP contribution is -2.35. The van der Waals surface area contributed by atoms with Crippen molar-refractivity contribution in [3.8, 4) is 0 Å². The summed E-state index contributed by atoms with van der Waals surface area (Å²) in [6.07, 6.45) is 1.03. The van der Waals surface area contributed by atoms with Crippen molar-refractivity contribution in [1.29, 1.82) is 0 Å². The Morgan fingerprint density at radius 2 is 2.07 bits per heavy atom. The van der Waals surface area contributed by atoms with Gasteiger partial charge in [0.2, 0.25) is 5.89 Å². The van der Waals surface area contributed by atoms with E-state index in [1.54, 1.807) is 0 Å². The second-order valence-electron chi connectivity index (χ2n) is 4.96. The minimum atomic E-state index is 0.0744. The molecule has 86 valence electrons. The zero-order chi connectivity index (χ0) is 11.5. The van der Waals surface area contributed by atoms with E-state index in [1.165, 1.54) is 0 Å². The molecule has 0 aromatic carbocycles. The maximum atomic E-state index is 5.16. The van der Waals surface area contributed by atoms with E-state index in [9.17, 15) is 0 Å². The van der Waals surface area contributed by atoms with E-state index in [0.717, 1.165) is 12.2 Å². The Kier molecular flexibility index (Phi) is 3.85. The van der Waals surface area contributed by atoms with Gasteiger partial charge in [0.1, 0.15) is 0 Å². The molecule has 1 aromatic rings. The third-order valence-corrected chi connectivity index (χ3v) is 2.31. The molecule has 0 bridgehead atoms. The molecule has 0 spiro atoms. The summed E-state index contributed by atoms with van der Waals surface area (Å²) >= 11 is 0. The summed E-state index contributed by atoms with van der Waals surface area (Å²) in [5, 5.41) is 7.27. The molecule has 1 heterocycles. The first kappa shape index (κ1) is 12.2. The van der Waals surface area contributed by atoms with Gasteiger partial charge in [0.25, 0.3) is 0 Å². The van der Waals surface area contributed by atoms with Crippen molar-refractivity contribution in [2.75, 3.05) is 0 Å². The maximum Gasteiger partial charge on any atom is 0.240 e. The SMILES string of the molecule is CCC(C)c1noc(CNC(C)(C)C)n1. The third-order valence-electron chi connectivity index (χ3n) is 2.31. The standard InChI is InChI=1S/C11H21N3O/c1-6-8(2)10-13-9(15-14-10)7-12-11(3,4)5/h8,12H,6-7H2,1-5H3. The number of hydrogen-bond donors (Lipinski definition) is 1. The Bertz CT molecular complexity index is 301. The lowest BCUT2D eigenvalue weighted by molar-refractivity contribution is 0.332.